The van der Waals surface area contributed by atoms with Gasteiger partial charge in [0.25, 0.3) is 0 Å². The van der Waals surface area contributed by atoms with Crippen LogP contribution >= 0.6 is 11.8 Å². The Morgan fingerprint density at radius 2 is 2.20 bits per heavy atom. The maximum atomic E-state index is 12.7. The van der Waals surface area contributed by atoms with Crippen molar-refractivity contribution in [2.75, 3.05) is 44.4 Å². The van der Waals surface area contributed by atoms with Gasteiger partial charge in [-0.2, -0.15) is 22.1 Å². The lowest BCUT2D eigenvalue weighted by atomic mass is 9.95. The summed E-state index contributed by atoms with van der Waals surface area (Å²) in [6.07, 6.45) is 3.66. The Morgan fingerprint density at radius 3 is 2.90 bits per heavy atom. The van der Waals surface area contributed by atoms with E-state index in [0.717, 1.165) is 61.2 Å². The van der Waals surface area contributed by atoms with Gasteiger partial charge in [-0.05, 0) is 38.0 Å². The van der Waals surface area contributed by atoms with E-state index in [9.17, 15) is 10.1 Å². The van der Waals surface area contributed by atoms with Crippen molar-refractivity contribution in [3.05, 3.63) is 28.7 Å². The molecule has 0 aromatic carbocycles. The summed E-state index contributed by atoms with van der Waals surface area (Å²) >= 11 is 1.97. The van der Waals surface area contributed by atoms with Crippen LogP contribution in [0.15, 0.2) is 6.20 Å². The molecule has 2 aliphatic heterocycles. The number of ether oxygens (including phenoxy) is 1. The number of rotatable bonds is 6. The van der Waals surface area contributed by atoms with Gasteiger partial charge in [0.2, 0.25) is 5.91 Å². The minimum absolute atomic E-state index is 0.0547. The number of hydrogen-bond donors (Lipinski definition) is 1. The second-order valence-electron chi connectivity index (χ2n) is 8.07. The Hall–Kier alpha value is -2.15. The molecule has 9 heteroatoms. The third kappa shape index (κ3) is 4.04. The Kier molecular flexibility index (Phi) is 6.27. The molecule has 2 aliphatic rings. The summed E-state index contributed by atoms with van der Waals surface area (Å²) in [4.78, 5) is 19.7. The maximum Gasteiger partial charge on any atom is 0.220 e. The maximum absolute atomic E-state index is 12.7. The zero-order valence-electron chi connectivity index (χ0n) is 17.6. The van der Waals surface area contributed by atoms with Crippen molar-refractivity contribution in [2.45, 2.75) is 38.6 Å². The van der Waals surface area contributed by atoms with Gasteiger partial charge in [-0.3, -0.25) is 9.69 Å². The molecule has 0 saturated carbocycles. The van der Waals surface area contributed by atoms with Crippen molar-refractivity contribution >= 4 is 23.3 Å². The molecular formula is C21H28N6O2S. The van der Waals surface area contributed by atoms with E-state index in [1.54, 1.807) is 4.52 Å². The molecular weight excluding hydrogens is 400 g/mol. The largest absolute Gasteiger partial charge is 0.379 e. The molecule has 0 radical (unpaired) electrons. The van der Waals surface area contributed by atoms with Crippen molar-refractivity contribution in [1.82, 2.24) is 24.8 Å². The number of aryl methyl sites for hydroxylation is 2. The smallest absolute Gasteiger partial charge is 0.220 e. The van der Waals surface area contributed by atoms with Gasteiger partial charge in [0.15, 0.2) is 5.65 Å². The van der Waals surface area contributed by atoms with Crippen LogP contribution < -0.4 is 5.32 Å². The van der Waals surface area contributed by atoms with Crippen LogP contribution in [0.3, 0.4) is 0 Å². The van der Waals surface area contributed by atoms with Crippen molar-refractivity contribution in [2.24, 2.45) is 0 Å². The number of thioether (sulfide) groups is 1. The standard InChI is InChI=1S/C21H28N6O2S/c1-15-18(16(2)27-20(25-15)17(11-22)12-24-27)3-4-19(28)23-13-21(5-10-30-14-21)26-6-8-29-9-7-26/h12H,3-10,13-14H2,1-2H3,(H,23,28). The summed E-state index contributed by atoms with van der Waals surface area (Å²) in [5, 5.41) is 16.7. The highest BCUT2D eigenvalue weighted by atomic mass is 32.2. The third-order valence-corrected chi connectivity index (χ3v) is 7.54. The zero-order valence-corrected chi connectivity index (χ0v) is 18.4. The quantitative estimate of drug-likeness (QED) is 0.744. The summed E-state index contributed by atoms with van der Waals surface area (Å²) < 4.78 is 7.21. The molecule has 4 rings (SSSR count). The number of aromatic nitrogens is 3. The molecule has 2 aromatic heterocycles. The van der Waals surface area contributed by atoms with Crippen LogP contribution in [0.5, 0.6) is 0 Å². The van der Waals surface area contributed by atoms with E-state index in [0.29, 0.717) is 30.6 Å². The van der Waals surface area contributed by atoms with E-state index in [1.807, 2.05) is 25.6 Å². The van der Waals surface area contributed by atoms with Crippen LogP contribution in [-0.2, 0) is 16.0 Å². The molecule has 1 unspecified atom stereocenters. The lowest BCUT2D eigenvalue weighted by Gasteiger charge is -2.43. The first-order valence-corrected chi connectivity index (χ1v) is 11.6. The van der Waals surface area contributed by atoms with Gasteiger partial charge >= 0.3 is 0 Å². The van der Waals surface area contributed by atoms with Crippen molar-refractivity contribution in [3.8, 4) is 6.07 Å². The highest BCUT2D eigenvalue weighted by molar-refractivity contribution is 7.99. The van der Waals surface area contributed by atoms with Gasteiger partial charge in [-0.15, -0.1) is 0 Å². The Bertz CT molecular complexity index is 970. The van der Waals surface area contributed by atoms with Crippen LogP contribution in [0.1, 0.15) is 35.4 Å². The van der Waals surface area contributed by atoms with Gasteiger partial charge in [0, 0.05) is 48.7 Å². The average molecular weight is 429 g/mol. The molecule has 2 saturated heterocycles. The molecule has 4 heterocycles. The van der Waals surface area contributed by atoms with Crippen LogP contribution in [-0.4, -0.2) is 75.3 Å². The minimum atomic E-state index is 0.0547. The number of amides is 1. The predicted octanol–water partition coefficient (Wildman–Crippen LogP) is 1.47. The van der Waals surface area contributed by atoms with Crippen molar-refractivity contribution < 1.29 is 9.53 Å². The second kappa shape index (κ2) is 8.92. The van der Waals surface area contributed by atoms with Gasteiger partial charge in [-0.25, -0.2) is 9.50 Å². The number of hydrogen-bond acceptors (Lipinski definition) is 7. The van der Waals surface area contributed by atoms with E-state index < -0.39 is 0 Å². The lowest BCUT2D eigenvalue weighted by Crippen LogP contribution is -2.59. The molecule has 0 spiro atoms. The number of morpholine rings is 1. The Balaban J connectivity index is 1.39. The van der Waals surface area contributed by atoms with E-state index in [2.05, 4.69) is 26.4 Å². The molecule has 1 N–H and O–H groups in total. The van der Waals surface area contributed by atoms with E-state index in [4.69, 9.17) is 4.74 Å². The summed E-state index contributed by atoms with van der Waals surface area (Å²) in [5.74, 6) is 2.27. The molecule has 160 valence electrons. The fraction of sp³-hybridized carbons (Fsp3) is 0.619. The fourth-order valence-electron chi connectivity index (χ4n) is 4.48. The highest BCUT2D eigenvalue weighted by Crippen LogP contribution is 2.33. The highest BCUT2D eigenvalue weighted by Gasteiger charge is 2.40. The number of nitriles is 1. The van der Waals surface area contributed by atoms with E-state index >= 15 is 0 Å². The molecule has 2 fully saturated rings. The third-order valence-electron chi connectivity index (χ3n) is 6.31. The number of fused-ring (bicyclic) bond motifs is 1. The molecule has 1 atom stereocenters. The van der Waals surface area contributed by atoms with Crippen LogP contribution in [0.2, 0.25) is 0 Å². The Labute approximate surface area is 181 Å². The van der Waals surface area contributed by atoms with Crippen LogP contribution in [0.4, 0.5) is 0 Å². The van der Waals surface area contributed by atoms with Crippen LogP contribution in [0, 0.1) is 25.2 Å². The Morgan fingerprint density at radius 1 is 1.40 bits per heavy atom. The monoisotopic (exact) mass is 428 g/mol. The van der Waals surface area contributed by atoms with Crippen LogP contribution in [0.25, 0.3) is 5.65 Å². The van der Waals surface area contributed by atoms with Gasteiger partial charge in [0.1, 0.15) is 11.6 Å². The van der Waals surface area contributed by atoms with E-state index in [1.165, 1.54) is 6.20 Å². The van der Waals surface area contributed by atoms with Crippen molar-refractivity contribution in [3.63, 3.8) is 0 Å². The lowest BCUT2D eigenvalue weighted by molar-refractivity contribution is -0.121. The van der Waals surface area contributed by atoms with E-state index in [-0.39, 0.29) is 11.4 Å². The SMILES string of the molecule is Cc1nc2c(C#N)cnn2c(C)c1CCC(=O)NCC1(N2CCOCC2)CCSC1. The van der Waals surface area contributed by atoms with Gasteiger partial charge in [-0.1, -0.05) is 0 Å². The predicted molar refractivity (Wildman–Crippen MR) is 116 cm³/mol. The first-order valence-electron chi connectivity index (χ1n) is 10.5. The average Bonchev–Trinajstić information content (AvgIpc) is 3.40. The second-order valence-corrected chi connectivity index (χ2v) is 9.17. The zero-order chi connectivity index (χ0) is 21.1. The van der Waals surface area contributed by atoms with Gasteiger partial charge < -0.3 is 10.1 Å². The van der Waals surface area contributed by atoms with Gasteiger partial charge in [0.05, 0.1) is 19.4 Å². The summed E-state index contributed by atoms with van der Waals surface area (Å²) in [5.41, 5.74) is 3.90. The molecule has 2 aromatic rings. The normalized spacial score (nSPS) is 22.3. The summed E-state index contributed by atoms with van der Waals surface area (Å²) in [6.45, 7) is 8.01. The first kappa shape index (κ1) is 21.1. The topological polar surface area (TPSA) is 95.6 Å². The minimum Gasteiger partial charge on any atom is -0.379 e. The molecule has 0 bridgehead atoms. The number of nitrogens with zero attached hydrogens (tertiary/aromatic N) is 5. The molecule has 8 nitrogen and oxygen atoms in total. The molecule has 30 heavy (non-hydrogen) atoms. The van der Waals surface area contributed by atoms with Crippen molar-refractivity contribution in [1.29, 1.82) is 5.26 Å². The molecule has 0 aliphatic carbocycles. The fourth-order valence-corrected chi connectivity index (χ4v) is 5.95. The number of carbonyl (C=O) groups is 1. The number of carbonyl (C=O) groups excluding carboxylic acids is 1. The summed E-state index contributed by atoms with van der Waals surface area (Å²) in [7, 11) is 0. The summed E-state index contributed by atoms with van der Waals surface area (Å²) in [6, 6.07) is 2.12. The number of nitrogens with one attached hydrogen (secondary N) is 1. The molecule has 1 amide bonds. The first-order chi connectivity index (χ1) is 14.5.